The molecule has 64 valence electrons. The van der Waals surface area contributed by atoms with Crippen LogP contribution in [-0.4, -0.2) is 12.1 Å². The zero-order valence-electron chi connectivity index (χ0n) is 6.68. The minimum absolute atomic E-state index is 0.714. The van der Waals surface area contributed by atoms with Crippen molar-refractivity contribution in [2.75, 3.05) is 0 Å². The molecule has 1 heterocycles. The zero-order valence-corrected chi connectivity index (χ0v) is 6.68. The van der Waals surface area contributed by atoms with Gasteiger partial charge in [0.25, 0.3) is 0 Å². The number of nitroso groups, excluding NO2 is 1. The zero-order chi connectivity index (χ0) is 9.26. The predicted molar refractivity (Wildman–Crippen MR) is 47.6 cm³/mol. The Hall–Kier alpha value is -1.84. The van der Waals surface area contributed by atoms with Gasteiger partial charge in [-0.15, -0.1) is 4.91 Å². The van der Waals surface area contributed by atoms with Crippen LogP contribution in [0.1, 0.15) is 17.2 Å². The Kier molecular flexibility index (Phi) is 1.73. The SMILES string of the molecule is O=NC(=O)C1N=Cc2ccccc21. The van der Waals surface area contributed by atoms with E-state index in [1.807, 2.05) is 12.1 Å². The average Bonchev–Trinajstić information content (AvgIpc) is 2.60. The summed E-state index contributed by atoms with van der Waals surface area (Å²) in [7, 11) is 0. The van der Waals surface area contributed by atoms with Gasteiger partial charge in [-0.1, -0.05) is 24.3 Å². The Morgan fingerprint density at radius 1 is 1.38 bits per heavy atom. The summed E-state index contributed by atoms with van der Waals surface area (Å²) >= 11 is 0. The van der Waals surface area contributed by atoms with Gasteiger partial charge in [-0.05, 0) is 11.1 Å². The van der Waals surface area contributed by atoms with Crippen LogP contribution in [0.5, 0.6) is 0 Å². The summed E-state index contributed by atoms with van der Waals surface area (Å²) < 4.78 is 0. The summed E-state index contributed by atoms with van der Waals surface area (Å²) in [6.07, 6.45) is 1.59. The van der Waals surface area contributed by atoms with Gasteiger partial charge in [0.1, 0.15) is 0 Å². The molecule has 0 spiro atoms. The van der Waals surface area contributed by atoms with E-state index in [1.54, 1.807) is 18.3 Å². The quantitative estimate of drug-likeness (QED) is 0.605. The van der Waals surface area contributed by atoms with Crippen LogP contribution >= 0.6 is 0 Å². The Balaban J connectivity index is 2.44. The van der Waals surface area contributed by atoms with E-state index in [0.717, 1.165) is 11.1 Å². The molecule has 1 aromatic rings. The van der Waals surface area contributed by atoms with Crippen molar-refractivity contribution < 1.29 is 4.79 Å². The fraction of sp³-hybridized carbons (Fsp3) is 0.111. The molecule has 4 nitrogen and oxygen atoms in total. The molecule has 1 aliphatic heterocycles. The lowest BCUT2D eigenvalue weighted by Gasteiger charge is -2.01. The molecule has 4 heteroatoms. The normalized spacial score (nSPS) is 18.3. The van der Waals surface area contributed by atoms with Crippen LogP contribution in [0.15, 0.2) is 34.4 Å². The van der Waals surface area contributed by atoms with Crippen LogP contribution in [0.3, 0.4) is 0 Å². The second-order valence-corrected chi connectivity index (χ2v) is 2.74. The number of benzene rings is 1. The van der Waals surface area contributed by atoms with Crippen molar-refractivity contribution in [3.05, 3.63) is 40.3 Å². The molecular formula is C9H6N2O2. The average molecular weight is 174 g/mol. The number of nitrogens with zero attached hydrogens (tertiary/aromatic N) is 2. The van der Waals surface area contributed by atoms with Gasteiger partial charge in [0, 0.05) is 11.4 Å². The topological polar surface area (TPSA) is 58.9 Å². The van der Waals surface area contributed by atoms with Crippen molar-refractivity contribution >= 4 is 12.1 Å². The van der Waals surface area contributed by atoms with E-state index in [-0.39, 0.29) is 0 Å². The third-order valence-electron chi connectivity index (χ3n) is 1.98. The molecule has 0 aliphatic carbocycles. The number of carbonyl (C=O) groups is 1. The highest BCUT2D eigenvalue weighted by molar-refractivity contribution is 5.95. The first-order chi connectivity index (χ1) is 6.33. The van der Waals surface area contributed by atoms with Crippen molar-refractivity contribution in [1.29, 1.82) is 0 Å². The minimum Gasteiger partial charge on any atom is -0.274 e. The number of aliphatic imine (C=N–C) groups is 1. The molecule has 0 radical (unpaired) electrons. The highest BCUT2D eigenvalue weighted by Gasteiger charge is 2.25. The summed E-state index contributed by atoms with van der Waals surface area (Å²) in [5.74, 6) is -0.735. The molecule has 1 atom stereocenters. The predicted octanol–water partition coefficient (Wildman–Crippen LogP) is 1.45. The number of fused-ring (bicyclic) bond motifs is 1. The lowest BCUT2D eigenvalue weighted by Crippen LogP contribution is -2.04. The molecule has 0 saturated carbocycles. The van der Waals surface area contributed by atoms with E-state index in [9.17, 15) is 9.70 Å². The van der Waals surface area contributed by atoms with Gasteiger partial charge in [-0.3, -0.25) is 9.79 Å². The highest BCUT2D eigenvalue weighted by Crippen LogP contribution is 2.26. The fourth-order valence-electron chi connectivity index (χ4n) is 1.36. The van der Waals surface area contributed by atoms with E-state index < -0.39 is 11.9 Å². The van der Waals surface area contributed by atoms with Gasteiger partial charge in [-0.2, -0.15) is 0 Å². The molecule has 0 N–H and O–H groups in total. The van der Waals surface area contributed by atoms with Gasteiger partial charge in [0.05, 0.1) is 0 Å². The summed E-state index contributed by atoms with van der Waals surface area (Å²) in [5, 5.41) is 2.37. The van der Waals surface area contributed by atoms with E-state index in [2.05, 4.69) is 10.2 Å². The summed E-state index contributed by atoms with van der Waals surface area (Å²) in [6, 6.07) is 6.56. The van der Waals surface area contributed by atoms with Crippen LogP contribution < -0.4 is 0 Å². The lowest BCUT2D eigenvalue weighted by atomic mass is 10.0. The Labute approximate surface area is 74.3 Å². The number of amides is 1. The number of rotatable bonds is 1. The van der Waals surface area contributed by atoms with Gasteiger partial charge in [-0.25, -0.2) is 0 Å². The van der Waals surface area contributed by atoms with Gasteiger partial charge in [0.2, 0.25) is 0 Å². The van der Waals surface area contributed by atoms with Crippen LogP contribution in [0, 0.1) is 4.91 Å². The Morgan fingerprint density at radius 2 is 2.15 bits per heavy atom. The molecule has 0 aromatic heterocycles. The molecule has 13 heavy (non-hydrogen) atoms. The van der Waals surface area contributed by atoms with Gasteiger partial charge >= 0.3 is 5.91 Å². The molecule has 1 amide bonds. The van der Waals surface area contributed by atoms with Crippen LogP contribution in [0.25, 0.3) is 0 Å². The molecular weight excluding hydrogens is 168 g/mol. The van der Waals surface area contributed by atoms with Crippen molar-refractivity contribution in [1.82, 2.24) is 0 Å². The van der Waals surface area contributed by atoms with Crippen molar-refractivity contribution in [2.24, 2.45) is 10.2 Å². The number of hydrogen-bond donors (Lipinski definition) is 0. The van der Waals surface area contributed by atoms with Crippen LogP contribution in [-0.2, 0) is 4.79 Å². The maximum atomic E-state index is 11.0. The maximum absolute atomic E-state index is 11.0. The molecule has 0 saturated heterocycles. The molecule has 1 aromatic carbocycles. The van der Waals surface area contributed by atoms with Crippen LogP contribution in [0.4, 0.5) is 0 Å². The third-order valence-corrected chi connectivity index (χ3v) is 1.98. The third kappa shape index (κ3) is 1.16. The van der Waals surface area contributed by atoms with Crippen molar-refractivity contribution in [2.45, 2.75) is 6.04 Å². The second kappa shape index (κ2) is 2.90. The standard InChI is InChI=1S/C9H6N2O2/c12-9(11-13)8-7-4-2-1-3-6(7)5-10-8/h1-5,8H. The molecule has 1 unspecified atom stereocenters. The lowest BCUT2D eigenvalue weighted by molar-refractivity contribution is -0.119. The van der Waals surface area contributed by atoms with Crippen molar-refractivity contribution in [3.63, 3.8) is 0 Å². The van der Waals surface area contributed by atoms with E-state index >= 15 is 0 Å². The smallest absolute Gasteiger partial charge is 0.274 e. The first-order valence-corrected chi connectivity index (χ1v) is 3.82. The monoisotopic (exact) mass is 174 g/mol. The van der Waals surface area contributed by atoms with Gasteiger partial charge < -0.3 is 0 Å². The van der Waals surface area contributed by atoms with E-state index in [0.29, 0.717) is 0 Å². The molecule has 1 aliphatic rings. The second-order valence-electron chi connectivity index (χ2n) is 2.74. The number of hydrogen-bond acceptors (Lipinski definition) is 3. The highest BCUT2D eigenvalue weighted by atomic mass is 16.3. The Morgan fingerprint density at radius 3 is 2.92 bits per heavy atom. The Bertz CT molecular complexity index is 398. The summed E-state index contributed by atoms with van der Waals surface area (Å²) in [4.78, 5) is 24.9. The maximum Gasteiger partial charge on any atom is 0.315 e. The van der Waals surface area contributed by atoms with Crippen molar-refractivity contribution in [3.8, 4) is 0 Å². The first kappa shape index (κ1) is 7.79. The van der Waals surface area contributed by atoms with Gasteiger partial charge in [0.15, 0.2) is 6.04 Å². The minimum atomic E-state index is -0.735. The van der Waals surface area contributed by atoms with E-state index in [1.165, 1.54) is 0 Å². The first-order valence-electron chi connectivity index (χ1n) is 3.82. The fourth-order valence-corrected chi connectivity index (χ4v) is 1.36. The van der Waals surface area contributed by atoms with Crippen LogP contribution in [0.2, 0.25) is 0 Å². The number of carbonyl (C=O) groups excluding carboxylic acids is 1. The van der Waals surface area contributed by atoms with E-state index in [4.69, 9.17) is 0 Å². The molecule has 0 fully saturated rings. The molecule has 0 bridgehead atoms. The summed E-state index contributed by atoms with van der Waals surface area (Å²) in [5.41, 5.74) is 1.64. The summed E-state index contributed by atoms with van der Waals surface area (Å²) in [6.45, 7) is 0. The molecule has 2 rings (SSSR count). The largest absolute Gasteiger partial charge is 0.315 e.